The van der Waals surface area contributed by atoms with Gasteiger partial charge in [0, 0.05) is 17.9 Å². The molecule has 0 bridgehead atoms. The summed E-state index contributed by atoms with van der Waals surface area (Å²) in [4.78, 5) is 11.3. The number of hydrogen-bond acceptors (Lipinski definition) is 6. The highest BCUT2D eigenvalue weighted by Crippen LogP contribution is 2.39. The van der Waals surface area contributed by atoms with Gasteiger partial charge in [0.1, 0.15) is 17.2 Å². The van der Waals surface area contributed by atoms with Gasteiger partial charge >= 0.3 is 5.97 Å². The summed E-state index contributed by atoms with van der Waals surface area (Å²) in [7, 11) is 0. The molecule has 5 nitrogen and oxygen atoms in total. The normalized spacial score (nSPS) is 16.5. The second-order valence-electron chi connectivity index (χ2n) is 12.2. The molecule has 4 rings (SSSR count). The van der Waals surface area contributed by atoms with Gasteiger partial charge < -0.3 is 19.3 Å². The van der Waals surface area contributed by atoms with Crippen molar-refractivity contribution in [1.82, 2.24) is 0 Å². The lowest BCUT2D eigenvalue weighted by Crippen LogP contribution is -2.19. The predicted molar refractivity (Wildman–Crippen MR) is 181 cm³/mol. The van der Waals surface area contributed by atoms with Gasteiger partial charge in [0.2, 0.25) is 0 Å². The molecule has 44 heavy (non-hydrogen) atoms. The predicted octanol–water partition coefficient (Wildman–Crippen LogP) is 9.99. The van der Waals surface area contributed by atoms with Crippen LogP contribution in [0.3, 0.4) is 0 Å². The number of benzene rings is 3. The number of rotatable bonds is 16. The van der Waals surface area contributed by atoms with Crippen LogP contribution in [0.15, 0.2) is 72.8 Å². The van der Waals surface area contributed by atoms with Crippen LogP contribution < -0.4 is 9.47 Å². The van der Waals surface area contributed by atoms with E-state index in [2.05, 4.69) is 62.0 Å². The molecule has 0 aromatic heterocycles. The maximum absolute atomic E-state index is 11.3. The van der Waals surface area contributed by atoms with Gasteiger partial charge in [-0.2, -0.15) is 11.8 Å². The van der Waals surface area contributed by atoms with Gasteiger partial charge in [0.15, 0.2) is 6.29 Å². The van der Waals surface area contributed by atoms with E-state index in [9.17, 15) is 9.90 Å². The summed E-state index contributed by atoms with van der Waals surface area (Å²) in [6.07, 6.45) is 9.54. The minimum Gasteiger partial charge on any atom is -0.508 e. The van der Waals surface area contributed by atoms with Crippen molar-refractivity contribution in [2.24, 2.45) is 0 Å². The zero-order valence-corrected chi connectivity index (χ0v) is 27.7. The molecule has 1 fully saturated rings. The molecule has 0 aliphatic heterocycles. The minimum atomic E-state index is -0.314. The lowest BCUT2D eigenvalue weighted by atomic mass is 9.78. The smallest absolute Gasteiger partial charge is 0.308 e. The Morgan fingerprint density at radius 1 is 0.818 bits per heavy atom. The molecule has 4 atom stereocenters. The fourth-order valence-electron chi connectivity index (χ4n) is 6.29. The van der Waals surface area contributed by atoms with Crippen molar-refractivity contribution < 1.29 is 24.1 Å². The van der Waals surface area contributed by atoms with Gasteiger partial charge in [-0.15, -0.1) is 0 Å². The van der Waals surface area contributed by atoms with Crippen LogP contribution in [0.4, 0.5) is 0 Å². The Balaban J connectivity index is 1.35. The lowest BCUT2D eigenvalue weighted by Gasteiger charge is -2.27. The zero-order valence-electron chi connectivity index (χ0n) is 26.9. The van der Waals surface area contributed by atoms with Crippen LogP contribution in [0.2, 0.25) is 0 Å². The van der Waals surface area contributed by atoms with E-state index in [4.69, 9.17) is 14.2 Å². The molecule has 3 aromatic carbocycles. The zero-order chi connectivity index (χ0) is 31.3. The summed E-state index contributed by atoms with van der Waals surface area (Å²) in [6.45, 7) is 8.60. The third-order valence-corrected chi connectivity index (χ3v) is 10.1. The average molecular weight is 619 g/mol. The molecule has 3 aromatic rings. The molecule has 1 aliphatic rings. The first-order valence-corrected chi connectivity index (χ1v) is 17.4. The standard InChI is InChI=1S/C38H50O5S/c1-5-30(32-15-21-37(22-16-32)43-29(4)41-23-24-44-38-9-7-6-8-10-38)26-34(33-11-17-35(40)18-12-33)25-27(2)31-13-19-36(20-14-31)42-28(3)39/h11-22,27,29-30,34,38,40H,5-10,23-26H2,1-4H3. The van der Waals surface area contributed by atoms with Crippen molar-refractivity contribution in [3.63, 3.8) is 0 Å². The topological polar surface area (TPSA) is 65.0 Å². The van der Waals surface area contributed by atoms with Crippen molar-refractivity contribution in [2.45, 2.75) is 108 Å². The van der Waals surface area contributed by atoms with E-state index in [1.54, 1.807) is 12.1 Å². The number of aromatic hydroxyl groups is 1. The Kier molecular flexibility index (Phi) is 13.5. The van der Waals surface area contributed by atoms with Crippen molar-refractivity contribution >= 4 is 17.7 Å². The van der Waals surface area contributed by atoms with E-state index in [1.807, 2.05) is 31.2 Å². The van der Waals surface area contributed by atoms with Gasteiger partial charge in [0.05, 0.1) is 6.61 Å². The van der Waals surface area contributed by atoms with Crippen molar-refractivity contribution in [1.29, 1.82) is 0 Å². The Bertz CT molecular complexity index is 1250. The molecule has 1 N–H and O–H groups in total. The summed E-state index contributed by atoms with van der Waals surface area (Å²) < 4.78 is 17.3. The monoisotopic (exact) mass is 618 g/mol. The number of carbonyl (C=O) groups excluding carboxylic acids is 1. The van der Waals surface area contributed by atoms with Gasteiger partial charge in [0.25, 0.3) is 0 Å². The number of thioether (sulfide) groups is 1. The number of hydrogen-bond donors (Lipinski definition) is 1. The van der Waals surface area contributed by atoms with Crippen LogP contribution >= 0.6 is 11.8 Å². The Morgan fingerprint density at radius 2 is 1.41 bits per heavy atom. The molecule has 238 valence electrons. The number of esters is 1. The summed E-state index contributed by atoms with van der Waals surface area (Å²) in [5.74, 6) is 3.38. The number of phenolic OH excluding ortho intramolecular Hbond substituents is 1. The summed E-state index contributed by atoms with van der Waals surface area (Å²) >= 11 is 2.05. The molecule has 1 aliphatic carbocycles. The largest absolute Gasteiger partial charge is 0.508 e. The minimum absolute atomic E-state index is 0.279. The Hall–Kier alpha value is -2.96. The van der Waals surface area contributed by atoms with E-state index in [1.165, 1.54) is 55.7 Å². The van der Waals surface area contributed by atoms with Crippen LogP contribution in [-0.4, -0.2) is 35.0 Å². The third kappa shape index (κ3) is 10.9. The number of ether oxygens (including phenoxy) is 3. The van der Waals surface area contributed by atoms with Crippen molar-refractivity contribution in [3.8, 4) is 17.2 Å². The fourth-order valence-corrected chi connectivity index (χ4v) is 7.49. The van der Waals surface area contributed by atoms with E-state index >= 15 is 0 Å². The molecular formula is C38H50O5S. The van der Waals surface area contributed by atoms with Gasteiger partial charge in [-0.1, -0.05) is 69.5 Å². The quantitative estimate of drug-likeness (QED) is 0.0746. The highest BCUT2D eigenvalue weighted by atomic mass is 32.2. The molecule has 0 radical (unpaired) electrons. The second kappa shape index (κ2) is 17.5. The highest BCUT2D eigenvalue weighted by Gasteiger charge is 2.22. The van der Waals surface area contributed by atoms with Gasteiger partial charge in [-0.3, -0.25) is 4.79 Å². The second-order valence-corrected chi connectivity index (χ2v) is 13.6. The van der Waals surface area contributed by atoms with Crippen LogP contribution in [-0.2, 0) is 9.53 Å². The summed E-state index contributed by atoms with van der Waals surface area (Å²) in [5.41, 5.74) is 3.75. The van der Waals surface area contributed by atoms with Crippen molar-refractivity contribution in [2.75, 3.05) is 12.4 Å². The molecule has 6 heteroatoms. The first-order chi connectivity index (χ1) is 21.3. The average Bonchev–Trinajstić information content (AvgIpc) is 3.03. The summed E-state index contributed by atoms with van der Waals surface area (Å²) in [5, 5.41) is 10.7. The van der Waals surface area contributed by atoms with Crippen LogP contribution in [0.5, 0.6) is 17.2 Å². The van der Waals surface area contributed by atoms with Crippen LogP contribution in [0.1, 0.15) is 114 Å². The Labute approximate surface area is 268 Å². The molecule has 1 saturated carbocycles. The van der Waals surface area contributed by atoms with E-state index in [0.717, 1.165) is 36.0 Å². The SMILES string of the molecule is CCC(CC(CC(C)c1ccc(OC(C)=O)cc1)c1ccc(O)cc1)c1ccc(OC(C)OCCSC2CCCCC2)cc1. The van der Waals surface area contributed by atoms with Crippen LogP contribution in [0, 0.1) is 0 Å². The first-order valence-electron chi connectivity index (χ1n) is 16.4. The van der Waals surface area contributed by atoms with E-state index in [0.29, 0.717) is 30.1 Å². The molecule has 4 unspecified atom stereocenters. The maximum atomic E-state index is 11.3. The van der Waals surface area contributed by atoms with Crippen molar-refractivity contribution in [3.05, 3.63) is 89.5 Å². The van der Waals surface area contributed by atoms with Crippen LogP contribution in [0.25, 0.3) is 0 Å². The summed E-state index contributed by atoms with van der Waals surface area (Å²) in [6, 6.07) is 24.0. The fraction of sp³-hybridized carbons (Fsp3) is 0.500. The first kappa shape index (κ1) is 33.9. The van der Waals surface area contributed by atoms with E-state index < -0.39 is 0 Å². The Morgan fingerprint density at radius 3 is 2.05 bits per heavy atom. The molecule has 0 saturated heterocycles. The number of phenols is 1. The molecular weight excluding hydrogens is 568 g/mol. The number of carbonyl (C=O) groups is 1. The maximum Gasteiger partial charge on any atom is 0.308 e. The third-order valence-electron chi connectivity index (χ3n) is 8.77. The van der Waals surface area contributed by atoms with Gasteiger partial charge in [-0.05, 0) is 110 Å². The van der Waals surface area contributed by atoms with Gasteiger partial charge in [-0.25, -0.2) is 0 Å². The molecule has 0 heterocycles. The highest BCUT2D eigenvalue weighted by molar-refractivity contribution is 7.99. The van der Waals surface area contributed by atoms with E-state index in [-0.39, 0.29) is 18.0 Å². The molecule has 0 amide bonds. The lowest BCUT2D eigenvalue weighted by molar-refractivity contribution is -0.131. The molecule has 0 spiro atoms.